The summed E-state index contributed by atoms with van der Waals surface area (Å²) in [5.74, 6) is -1.34. The Bertz CT molecular complexity index is 349. The molecule has 0 saturated heterocycles. The van der Waals surface area contributed by atoms with E-state index in [2.05, 4.69) is 12.2 Å². The van der Waals surface area contributed by atoms with E-state index in [0.717, 1.165) is 17.1 Å². The molecule has 1 rings (SSSR count). The van der Waals surface area contributed by atoms with Gasteiger partial charge in [-0.1, -0.05) is 0 Å². The van der Waals surface area contributed by atoms with Crippen LogP contribution in [0.5, 0.6) is 0 Å². The number of carbonyl (C=O) groups excluding carboxylic acids is 3. The monoisotopic (exact) mass is 269 g/mol. The molecule has 0 aliphatic carbocycles. The maximum atomic E-state index is 11.5. The molecule has 0 saturated carbocycles. The molecule has 1 radical (unpaired) electrons. The summed E-state index contributed by atoms with van der Waals surface area (Å²) >= 11 is 0. The molecular formula is C12H17N2O5. The average Bonchev–Trinajstić information content (AvgIpc) is 2.69. The molecule has 0 aromatic carbocycles. The molecule has 19 heavy (non-hydrogen) atoms. The van der Waals surface area contributed by atoms with Crippen LogP contribution in [-0.4, -0.2) is 62.1 Å². The standard InChI is InChI=1S/C12H17N2O5/c1-2-18-7-8-19-6-5-13-10(15)9-14-11(16)3-4-12(14)17/h3-4H,1-2,5-9H2,(H,13,15). The first kappa shape index (κ1) is 15.3. The van der Waals surface area contributed by atoms with Crippen molar-refractivity contribution >= 4 is 17.7 Å². The van der Waals surface area contributed by atoms with Crippen molar-refractivity contribution in [1.82, 2.24) is 10.2 Å². The van der Waals surface area contributed by atoms with Gasteiger partial charge in [-0.15, -0.1) is 0 Å². The first-order chi connectivity index (χ1) is 9.15. The summed E-state index contributed by atoms with van der Waals surface area (Å²) in [7, 11) is 0. The van der Waals surface area contributed by atoms with Crippen LogP contribution in [0.25, 0.3) is 0 Å². The molecular weight excluding hydrogens is 252 g/mol. The summed E-state index contributed by atoms with van der Waals surface area (Å²) in [4.78, 5) is 34.7. The predicted molar refractivity (Wildman–Crippen MR) is 65.9 cm³/mol. The number of nitrogens with zero attached hydrogens (tertiary/aromatic N) is 1. The lowest BCUT2D eigenvalue weighted by atomic mass is 10.4. The molecule has 1 heterocycles. The van der Waals surface area contributed by atoms with Gasteiger partial charge in [0.05, 0.1) is 19.8 Å². The number of ether oxygens (including phenoxy) is 2. The van der Waals surface area contributed by atoms with Crippen LogP contribution in [0.3, 0.4) is 0 Å². The number of hydrogen-bond acceptors (Lipinski definition) is 5. The van der Waals surface area contributed by atoms with E-state index >= 15 is 0 Å². The molecule has 1 N–H and O–H groups in total. The highest BCUT2D eigenvalue weighted by atomic mass is 16.5. The molecule has 7 heteroatoms. The lowest BCUT2D eigenvalue weighted by Gasteiger charge is -2.13. The van der Waals surface area contributed by atoms with Gasteiger partial charge in [0.2, 0.25) is 5.91 Å². The third kappa shape index (κ3) is 5.62. The van der Waals surface area contributed by atoms with Crippen LogP contribution < -0.4 is 5.32 Å². The Labute approximate surface area is 111 Å². The van der Waals surface area contributed by atoms with Gasteiger partial charge in [-0.25, -0.2) is 0 Å². The minimum Gasteiger partial charge on any atom is -0.379 e. The van der Waals surface area contributed by atoms with Crippen molar-refractivity contribution in [2.75, 3.05) is 39.5 Å². The van der Waals surface area contributed by atoms with E-state index in [4.69, 9.17) is 9.47 Å². The largest absolute Gasteiger partial charge is 0.379 e. The Morgan fingerprint density at radius 2 is 1.79 bits per heavy atom. The number of rotatable bonds is 9. The third-order valence-corrected chi connectivity index (χ3v) is 2.29. The lowest BCUT2D eigenvalue weighted by molar-refractivity contribution is -0.141. The smallest absolute Gasteiger partial charge is 0.254 e. The number of imide groups is 1. The zero-order valence-corrected chi connectivity index (χ0v) is 10.6. The maximum absolute atomic E-state index is 11.5. The van der Waals surface area contributed by atoms with E-state index < -0.39 is 17.7 Å². The van der Waals surface area contributed by atoms with Gasteiger partial charge in [-0.3, -0.25) is 19.3 Å². The Balaban J connectivity index is 2.05. The molecule has 105 valence electrons. The Hall–Kier alpha value is -1.73. The van der Waals surface area contributed by atoms with E-state index in [1.807, 2.05) is 0 Å². The predicted octanol–water partition coefficient (Wildman–Crippen LogP) is -1.11. The third-order valence-electron chi connectivity index (χ3n) is 2.29. The highest BCUT2D eigenvalue weighted by molar-refractivity contribution is 6.14. The number of amides is 3. The van der Waals surface area contributed by atoms with Gasteiger partial charge >= 0.3 is 0 Å². The highest BCUT2D eigenvalue weighted by Gasteiger charge is 2.25. The van der Waals surface area contributed by atoms with Crippen LogP contribution in [0.1, 0.15) is 0 Å². The van der Waals surface area contributed by atoms with E-state index in [-0.39, 0.29) is 6.54 Å². The van der Waals surface area contributed by atoms with E-state index in [1.54, 1.807) is 0 Å². The van der Waals surface area contributed by atoms with Crippen molar-refractivity contribution in [3.8, 4) is 0 Å². The van der Waals surface area contributed by atoms with Crippen molar-refractivity contribution in [2.45, 2.75) is 0 Å². The Kier molecular flexibility index (Phi) is 6.76. The van der Waals surface area contributed by atoms with Crippen LogP contribution in [0.15, 0.2) is 12.2 Å². The second kappa shape index (κ2) is 8.39. The molecule has 7 nitrogen and oxygen atoms in total. The molecule has 0 unspecified atom stereocenters. The number of carbonyl (C=O) groups is 3. The second-order valence-corrected chi connectivity index (χ2v) is 3.67. The summed E-state index contributed by atoms with van der Waals surface area (Å²) < 4.78 is 10.1. The topological polar surface area (TPSA) is 84.9 Å². The zero-order chi connectivity index (χ0) is 14.1. The molecule has 0 spiro atoms. The van der Waals surface area contributed by atoms with Gasteiger partial charge in [0.15, 0.2) is 0 Å². The van der Waals surface area contributed by atoms with E-state index in [0.29, 0.717) is 33.0 Å². The van der Waals surface area contributed by atoms with Crippen LogP contribution in [-0.2, 0) is 23.9 Å². The molecule has 1 aliphatic heterocycles. The minimum absolute atomic E-state index is 0.269. The van der Waals surface area contributed by atoms with Crippen molar-refractivity contribution in [1.29, 1.82) is 0 Å². The fourth-order valence-electron chi connectivity index (χ4n) is 1.37. The van der Waals surface area contributed by atoms with Crippen molar-refractivity contribution in [3.05, 3.63) is 19.1 Å². The molecule has 0 fully saturated rings. The lowest BCUT2D eigenvalue weighted by Crippen LogP contribution is -2.41. The van der Waals surface area contributed by atoms with Crippen LogP contribution in [0.4, 0.5) is 0 Å². The highest BCUT2D eigenvalue weighted by Crippen LogP contribution is 2.01. The van der Waals surface area contributed by atoms with Gasteiger partial charge in [-0.05, 0) is 6.92 Å². The normalized spacial score (nSPS) is 14.3. The SMILES string of the molecule is [CH2]COCCOCCNC(=O)CN1C(=O)C=CC1=O. The summed E-state index contributed by atoms with van der Waals surface area (Å²) in [6.07, 6.45) is 2.28. The van der Waals surface area contributed by atoms with Crippen molar-refractivity contribution in [2.24, 2.45) is 0 Å². The summed E-state index contributed by atoms with van der Waals surface area (Å²) in [6, 6.07) is 0. The van der Waals surface area contributed by atoms with Crippen LogP contribution >= 0.6 is 0 Å². The zero-order valence-electron chi connectivity index (χ0n) is 10.6. The summed E-state index contributed by atoms with van der Waals surface area (Å²) in [5, 5.41) is 2.55. The number of nitrogens with one attached hydrogen (secondary N) is 1. The average molecular weight is 269 g/mol. The fraction of sp³-hybridized carbons (Fsp3) is 0.500. The Morgan fingerprint density at radius 3 is 2.42 bits per heavy atom. The number of hydrogen-bond donors (Lipinski definition) is 1. The molecule has 0 aromatic rings. The minimum atomic E-state index is -0.471. The Morgan fingerprint density at radius 1 is 1.16 bits per heavy atom. The van der Waals surface area contributed by atoms with Crippen molar-refractivity contribution in [3.63, 3.8) is 0 Å². The maximum Gasteiger partial charge on any atom is 0.254 e. The quantitative estimate of drug-likeness (QED) is 0.424. The molecule has 0 aromatic heterocycles. The summed E-state index contributed by atoms with van der Waals surface area (Å²) in [5.41, 5.74) is 0. The van der Waals surface area contributed by atoms with Gasteiger partial charge in [0.1, 0.15) is 6.54 Å². The molecule has 1 aliphatic rings. The van der Waals surface area contributed by atoms with Gasteiger partial charge < -0.3 is 14.8 Å². The van der Waals surface area contributed by atoms with Crippen LogP contribution in [0.2, 0.25) is 0 Å². The molecule has 0 bridgehead atoms. The second-order valence-electron chi connectivity index (χ2n) is 3.67. The van der Waals surface area contributed by atoms with Crippen molar-refractivity contribution < 1.29 is 23.9 Å². The van der Waals surface area contributed by atoms with Crippen LogP contribution in [0, 0.1) is 6.92 Å². The fourth-order valence-corrected chi connectivity index (χ4v) is 1.37. The first-order valence-corrected chi connectivity index (χ1v) is 5.90. The molecule has 3 amide bonds. The van der Waals surface area contributed by atoms with Gasteiger partial charge in [-0.2, -0.15) is 0 Å². The van der Waals surface area contributed by atoms with Gasteiger partial charge in [0.25, 0.3) is 11.8 Å². The first-order valence-electron chi connectivity index (χ1n) is 5.90. The van der Waals surface area contributed by atoms with E-state index in [1.165, 1.54) is 0 Å². The van der Waals surface area contributed by atoms with E-state index in [9.17, 15) is 14.4 Å². The summed E-state index contributed by atoms with van der Waals surface area (Å²) in [6.45, 7) is 5.17. The van der Waals surface area contributed by atoms with Gasteiger partial charge in [0, 0.05) is 25.3 Å². The molecule has 0 atom stereocenters.